The van der Waals surface area contributed by atoms with Crippen molar-refractivity contribution < 1.29 is 9.59 Å². The van der Waals surface area contributed by atoms with Crippen LogP contribution < -0.4 is 5.73 Å². The lowest BCUT2D eigenvalue weighted by atomic mass is 9.87. The molecule has 1 aromatic rings. The first kappa shape index (κ1) is 18.7. The van der Waals surface area contributed by atoms with Crippen LogP contribution in [0.5, 0.6) is 0 Å². The maximum Gasteiger partial charge on any atom is 0.242 e. The minimum atomic E-state index is -0.844. The van der Waals surface area contributed by atoms with Gasteiger partial charge in [-0.15, -0.1) is 0 Å². The van der Waals surface area contributed by atoms with Crippen LogP contribution in [0.15, 0.2) is 24.3 Å². The zero-order valence-corrected chi connectivity index (χ0v) is 15.3. The average Bonchev–Trinajstić information content (AvgIpc) is 2.53. The van der Waals surface area contributed by atoms with Gasteiger partial charge >= 0.3 is 0 Å². The first-order valence-electron chi connectivity index (χ1n) is 8.90. The summed E-state index contributed by atoms with van der Waals surface area (Å²) in [5.74, 6) is 0.780. The van der Waals surface area contributed by atoms with E-state index >= 15 is 0 Å². The van der Waals surface area contributed by atoms with E-state index < -0.39 is 5.54 Å². The number of carbonyl (C=O) groups is 2. The molecule has 0 aliphatic carbocycles. The summed E-state index contributed by atoms with van der Waals surface area (Å²) in [4.78, 5) is 26.7. The summed E-state index contributed by atoms with van der Waals surface area (Å²) in [6, 6.07) is 8.01. The van der Waals surface area contributed by atoms with Crippen LogP contribution in [-0.2, 0) is 11.2 Å². The van der Waals surface area contributed by atoms with Crippen LogP contribution in [-0.4, -0.2) is 35.2 Å². The molecule has 1 amide bonds. The lowest BCUT2D eigenvalue weighted by molar-refractivity contribution is -0.137. The number of Topliss-reactive ketones (excluding diaryl/α,β-unsaturated/α-hetero) is 1. The van der Waals surface area contributed by atoms with E-state index in [1.165, 1.54) is 5.56 Å². The zero-order valence-electron chi connectivity index (χ0n) is 15.3. The lowest BCUT2D eigenvalue weighted by Gasteiger charge is -2.35. The quantitative estimate of drug-likeness (QED) is 0.844. The highest BCUT2D eigenvalue weighted by Gasteiger charge is 2.32. The third kappa shape index (κ3) is 4.67. The second-order valence-corrected chi connectivity index (χ2v) is 7.95. The minimum absolute atomic E-state index is 0.00545. The highest BCUT2D eigenvalue weighted by molar-refractivity contribution is 5.98. The molecule has 2 N–H and O–H groups in total. The molecule has 1 heterocycles. The Morgan fingerprint density at radius 3 is 2.17 bits per heavy atom. The molecule has 1 saturated heterocycles. The lowest BCUT2D eigenvalue weighted by Crippen LogP contribution is -2.53. The van der Waals surface area contributed by atoms with Gasteiger partial charge in [-0.1, -0.05) is 38.1 Å². The summed E-state index contributed by atoms with van der Waals surface area (Å²) in [7, 11) is 0. The van der Waals surface area contributed by atoms with Gasteiger partial charge in [0.15, 0.2) is 5.78 Å². The fourth-order valence-corrected chi connectivity index (χ4v) is 3.26. The number of ketones is 1. The molecular weight excluding hydrogens is 300 g/mol. The summed E-state index contributed by atoms with van der Waals surface area (Å²) in [5.41, 5.74) is 7.10. The van der Waals surface area contributed by atoms with E-state index in [1.54, 1.807) is 18.7 Å². The van der Waals surface area contributed by atoms with Gasteiger partial charge < -0.3 is 10.6 Å². The number of benzene rings is 1. The van der Waals surface area contributed by atoms with Gasteiger partial charge in [0.2, 0.25) is 5.91 Å². The highest BCUT2D eigenvalue weighted by Crippen LogP contribution is 2.23. The van der Waals surface area contributed by atoms with Crippen LogP contribution in [0, 0.1) is 11.8 Å². The van der Waals surface area contributed by atoms with Crippen molar-refractivity contribution in [1.82, 2.24) is 4.90 Å². The van der Waals surface area contributed by atoms with E-state index in [0.717, 1.165) is 12.0 Å². The van der Waals surface area contributed by atoms with Crippen LogP contribution in [0.1, 0.15) is 56.5 Å². The zero-order chi connectivity index (χ0) is 17.9. The summed E-state index contributed by atoms with van der Waals surface area (Å²) in [6.45, 7) is 9.06. The Hall–Kier alpha value is -1.68. The van der Waals surface area contributed by atoms with E-state index in [4.69, 9.17) is 5.73 Å². The standard InChI is InChI=1S/C20H30N2O2/c1-14(2)13-15-5-7-16(8-6-15)18(23)17-9-11-22(12-10-17)19(24)20(3,4)21/h5-8,14,17H,9-13,21H2,1-4H3. The molecule has 4 heteroatoms. The van der Waals surface area contributed by atoms with Gasteiger partial charge in [0.05, 0.1) is 5.54 Å². The van der Waals surface area contributed by atoms with E-state index in [9.17, 15) is 9.59 Å². The fraction of sp³-hybridized carbons (Fsp3) is 0.600. The Balaban J connectivity index is 1.94. The number of nitrogens with zero attached hydrogens (tertiary/aromatic N) is 1. The van der Waals surface area contributed by atoms with Crippen LogP contribution in [0.2, 0.25) is 0 Å². The first-order chi connectivity index (χ1) is 11.2. The molecule has 1 aliphatic heterocycles. The van der Waals surface area contributed by atoms with Crippen LogP contribution in [0.25, 0.3) is 0 Å². The third-order valence-electron chi connectivity index (χ3n) is 4.59. The summed E-state index contributed by atoms with van der Waals surface area (Å²) in [5, 5.41) is 0. The molecule has 4 nitrogen and oxygen atoms in total. The predicted molar refractivity (Wildman–Crippen MR) is 96.9 cm³/mol. The van der Waals surface area contributed by atoms with Crippen molar-refractivity contribution in [1.29, 1.82) is 0 Å². The molecule has 0 unspecified atom stereocenters. The molecule has 0 atom stereocenters. The molecule has 1 fully saturated rings. The smallest absolute Gasteiger partial charge is 0.242 e. The highest BCUT2D eigenvalue weighted by atomic mass is 16.2. The minimum Gasteiger partial charge on any atom is -0.341 e. The van der Waals surface area contributed by atoms with Crippen LogP contribution >= 0.6 is 0 Å². The van der Waals surface area contributed by atoms with Crippen molar-refractivity contribution in [3.8, 4) is 0 Å². The van der Waals surface area contributed by atoms with Crippen molar-refractivity contribution >= 4 is 11.7 Å². The Kier molecular flexibility index (Phi) is 5.81. The molecule has 0 bridgehead atoms. The van der Waals surface area contributed by atoms with Crippen molar-refractivity contribution in [2.45, 2.75) is 52.5 Å². The second kappa shape index (κ2) is 7.47. The average molecular weight is 330 g/mol. The SMILES string of the molecule is CC(C)Cc1ccc(C(=O)C2CCN(C(=O)C(C)(C)N)CC2)cc1. The largest absolute Gasteiger partial charge is 0.341 e. The van der Waals surface area contributed by atoms with Gasteiger partial charge in [0.25, 0.3) is 0 Å². The number of carbonyl (C=O) groups excluding carboxylic acids is 2. The second-order valence-electron chi connectivity index (χ2n) is 7.95. The van der Waals surface area contributed by atoms with Gasteiger partial charge in [-0.25, -0.2) is 0 Å². The number of nitrogens with two attached hydrogens (primary N) is 1. The van der Waals surface area contributed by atoms with Crippen molar-refractivity contribution in [2.75, 3.05) is 13.1 Å². The molecule has 0 spiro atoms. The molecule has 0 aromatic heterocycles. The van der Waals surface area contributed by atoms with E-state index in [1.807, 2.05) is 12.1 Å². The number of rotatable bonds is 5. The van der Waals surface area contributed by atoms with Crippen LogP contribution in [0.3, 0.4) is 0 Å². The number of hydrogen-bond donors (Lipinski definition) is 1. The molecule has 0 radical (unpaired) electrons. The van der Waals surface area contributed by atoms with Gasteiger partial charge in [-0.2, -0.15) is 0 Å². The summed E-state index contributed by atoms with van der Waals surface area (Å²) >= 11 is 0. The number of likely N-dealkylation sites (tertiary alicyclic amines) is 1. The molecule has 0 saturated carbocycles. The number of hydrogen-bond acceptors (Lipinski definition) is 3. The molecule has 2 rings (SSSR count). The van der Waals surface area contributed by atoms with E-state index in [0.29, 0.717) is 31.8 Å². The Morgan fingerprint density at radius 1 is 1.17 bits per heavy atom. The van der Waals surface area contributed by atoms with Crippen molar-refractivity contribution in [3.63, 3.8) is 0 Å². The first-order valence-corrected chi connectivity index (χ1v) is 8.90. The van der Waals surface area contributed by atoms with Gasteiger partial charge in [0.1, 0.15) is 0 Å². The summed E-state index contributed by atoms with van der Waals surface area (Å²) < 4.78 is 0. The maximum atomic E-state index is 12.7. The normalized spacial score (nSPS) is 16.5. The monoisotopic (exact) mass is 330 g/mol. The fourth-order valence-electron chi connectivity index (χ4n) is 3.26. The third-order valence-corrected chi connectivity index (χ3v) is 4.59. The van der Waals surface area contributed by atoms with Crippen LogP contribution in [0.4, 0.5) is 0 Å². The molecule has 1 aliphatic rings. The van der Waals surface area contributed by atoms with Gasteiger partial charge in [-0.05, 0) is 44.6 Å². The topological polar surface area (TPSA) is 63.4 Å². The van der Waals surface area contributed by atoms with Gasteiger partial charge in [0, 0.05) is 24.6 Å². The number of amides is 1. The Morgan fingerprint density at radius 2 is 1.71 bits per heavy atom. The molecular formula is C20H30N2O2. The summed E-state index contributed by atoms with van der Waals surface area (Å²) in [6.07, 6.45) is 2.46. The van der Waals surface area contributed by atoms with Gasteiger partial charge in [-0.3, -0.25) is 9.59 Å². The predicted octanol–water partition coefficient (Wildman–Crippen LogP) is 3.04. The van der Waals surface area contributed by atoms with Crippen molar-refractivity contribution in [2.24, 2.45) is 17.6 Å². The maximum absolute atomic E-state index is 12.7. The van der Waals surface area contributed by atoms with E-state index in [2.05, 4.69) is 26.0 Å². The van der Waals surface area contributed by atoms with E-state index in [-0.39, 0.29) is 17.6 Å². The van der Waals surface area contributed by atoms with Crippen molar-refractivity contribution in [3.05, 3.63) is 35.4 Å². The Labute approximate surface area is 145 Å². The molecule has 24 heavy (non-hydrogen) atoms. The Bertz CT molecular complexity index is 577. The number of piperidine rings is 1. The molecule has 132 valence electrons. The molecule has 1 aromatic carbocycles.